The van der Waals surface area contributed by atoms with E-state index in [1.807, 2.05) is 4.90 Å². The number of carbonyl (C=O) groups excluding carboxylic acids is 2. The van der Waals surface area contributed by atoms with Gasteiger partial charge >= 0.3 is 5.97 Å². The summed E-state index contributed by atoms with van der Waals surface area (Å²) in [6.07, 6.45) is 1.34. The maximum absolute atomic E-state index is 12.6. The molecule has 1 aliphatic rings. The third-order valence-electron chi connectivity index (χ3n) is 5.04. The van der Waals surface area contributed by atoms with Crippen molar-refractivity contribution in [1.82, 2.24) is 9.21 Å². The number of nitrogens with one attached hydrogen (secondary N) is 1. The first-order valence-electron chi connectivity index (χ1n) is 10.1. The average Bonchev–Trinajstić information content (AvgIpc) is 2.69. The average molecular weight is 426 g/mol. The molecule has 9 heteroatoms. The molecule has 2 rings (SSSR count). The molecule has 29 heavy (non-hydrogen) atoms. The second-order valence-corrected chi connectivity index (χ2v) is 8.91. The Bertz CT molecular complexity index is 800. The molecule has 0 radical (unpaired) electrons. The molecule has 1 heterocycles. The molecule has 8 nitrogen and oxygen atoms in total. The van der Waals surface area contributed by atoms with E-state index < -0.39 is 10.0 Å². The number of rotatable bonds is 9. The lowest BCUT2D eigenvalue weighted by Crippen LogP contribution is -2.41. The number of likely N-dealkylation sites (tertiary alicyclic amines) is 1. The van der Waals surface area contributed by atoms with Crippen LogP contribution in [0.5, 0.6) is 0 Å². The summed E-state index contributed by atoms with van der Waals surface area (Å²) in [4.78, 5) is 26.4. The van der Waals surface area contributed by atoms with Gasteiger partial charge in [-0.05, 0) is 51.1 Å². The molecule has 0 aromatic heterocycles. The van der Waals surface area contributed by atoms with Crippen LogP contribution in [0, 0.1) is 5.92 Å². The van der Waals surface area contributed by atoms with Gasteiger partial charge in [-0.3, -0.25) is 14.5 Å². The highest BCUT2D eigenvalue weighted by Gasteiger charge is 2.27. The van der Waals surface area contributed by atoms with Crippen molar-refractivity contribution in [2.75, 3.05) is 44.6 Å². The van der Waals surface area contributed by atoms with Crippen molar-refractivity contribution in [3.8, 4) is 0 Å². The number of amides is 1. The van der Waals surface area contributed by atoms with Crippen LogP contribution >= 0.6 is 0 Å². The summed E-state index contributed by atoms with van der Waals surface area (Å²) in [6.45, 7) is 8.01. The van der Waals surface area contributed by atoms with E-state index in [2.05, 4.69) is 5.32 Å². The zero-order valence-corrected chi connectivity index (χ0v) is 18.2. The predicted molar refractivity (Wildman–Crippen MR) is 111 cm³/mol. The van der Waals surface area contributed by atoms with E-state index in [0.717, 1.165) is 0 Å². The van der Waals surface area contributed by atoms with Crippen molar-refractivity contribution in [2.45, 2.75) is 38.5 Å². The predicted octanol–water partition coefficient (Wildman–Crippen LogP) is 1.93. The second-order valence-electron chi connectivity index (χ2n) is 6.97. The maximum atomic E-state index is 12.6. The van der Waals surface area contributed by atoms with E-state index >= 15 is 0 Å². The van der Waals surface area contributed by atoms with E-state index in [9.17, 15) is 18.0 Å². The fraction of sp³-hybridized carbons (Fsp3) is 0.600. The van der Waals surface area contributed by atoms with E-state index in [-0.39, 0.29) is 29.2 Å². The lowest BCUT2D eigenvalue weighted by atomic mass is 9.97. The highest BCUT2D eigenvalue weighted by Crippen LogP contribution is 2.21. The van der Waals surface area contributed by atoms with Crippen LogP contribution in [0.2, 0.25) is 0 Å². The van der Waals surface area contributed by atoms with Gasteiger partial charge in [0, 0.05) is 18.8 Å². The van der Waals surface area contributed by atoms with E-state index in [4.69, 9.17) is 4.74 Å². The molecule has 1 aromatic rings. The molecule has 0 spiro atoms. The topological polar surface area (TPSA) is 96.0 Å². The Hall–Kier alpha value is -1.97. The summed E-state index contributed by atoms with van der Waals surface area (Å²) in [6, 6.07) is 6.31. The number of ether oxygens (including phenoxy) is 1. The minimum absolute atomic E-state index is 0.101. The lowest BCUT2D eigenvalue weighted by molar-refractivity contribution is -0.149. The van der Waals surface area contributed by atoms with E-state index in [0.29, 0.717) is 51.3 Å². The molecule has 1 fully saturated rings. The van der Waals surface area contributed by atoms with Crippen LogP contribution in [0.1, 0.15) is 33.6 Å². The Morgan fingerprint density at radius 3 is 2.41 bits per heavy atom. The number of sulfonamides is 1. The molecule has 1 saturated heterocycles. The first-order valence-corrected chi connectivity index (χ1v) is 11.5. The largest absolute Gasteiger partial charge is 0.466 e. The monoisotopic (exact) mass is 425 g/mol. The Morgan fingerprint density at radius 1 is 1.17 bits per heavy atom. The summed E-state index contributed by atoms with van der Waals surface area (Å²) in [5.41, 5.74) is 0.449. The number of esters is 1. The first kappa shape index (κ1) is 23.3. The van der Waals surface area contributed by atoms with Gasteiger partial charge in [-0.15, -0.1) is 0 Å². The molecule has 162 valence electrons. The van der Waals surface area contributed by atoms with Crippen LogP contribution < -0.4 is 5.32 Å². The number of hydrogen-bond acceptors (Lipinski definition) is 6. The van der Waals surface area contributed by atoms with Crippen LogP contribution in [0.3, 0.4) is 0 Å². The van der Waals surface area contributed by atoms with Crippen molar-refractivity contribution in [1.29, 1.82) is 0 Å². The number of benzene rings is 1. The highest BCUT2D eigenvalue weighted by molar-refractivity contribution is 7.89. The van der Waals surface area contributed by atoms with Gasteiger partial charge in [0.2, 0.25) is 15.9 Å². The lowest BCUT2D eigenvalue weighted by Gasteiger charge is -2.30. The molecule has 1 aromatic carbocycles. The number of carbonyl (C=O) groups is 2. The molecule has 0 atom stereocenters. The second kappa shape index (κ2) is 10.7. The van der Waals surface area contributed by atoms with Gasteiger partial charge in [0.15, 0.2) is 0 Å². The molecule has 1 aliphatic heterocycles. The van der Waals surface area contributed by atoms with Crippen LogP contribution in [-0.4, -0.2) is 68.8 Å². The molecule has 1 N–H and O–H groups in total. The van der Waals surface area contributed by atoms with Crippen molar-refractivity contribution < 1.29 is 22.7 Å². The van der Waals surface area contributed by atoms with Crippen molar-refractivity contribution in [3.05, 3.63) is 24.3 Å². The molecule has 1 amide bonds. The standard InChI is InChI=1S/C20H31N3O5S/c1-4-23(5-2)29(26,27)18-9-7-8-17(14-18)21-19(24)15-22-12-10-16(11-13-22)20(25)28-6-3/h7-9,14,16H,4-6,10-13,15H2,1-3H3,(H,21,24). The number of piperidine rings is 1. The minimum Gasteiger partial charge on any atom is -0.466 e. The van der Waals surface area contributed by atoms with Crippen molar-refractivity contribution in [3.63, 3.8) is 0 Å². The fourth-order valence-electron chi connectivity index (χ4n) is 3.44. The molecule has 0 saturated carbocycles. The third-order valence-corrected chi connectivity index (χ3v) is 7.08. The number of anilines is 1. The molecule has 0 unspecified atom stereocenters. The Labute approximate surface area is 173 Å². The van der Waals surface area contributed by atoms with Crippen LogP contribution in [0.15, 0.2) is 29.2 Å². The normalized spacial score (nSPS) is 16.0. The van der Waals surface area contributed by atoms with Gasteiger partial charge in [0.1, 0.15) is 0 Å². The zero-order chi connectivity index (χ0) is 21.4. The smallest absolute Gasteiger partial charge is 0.309 e. The van der Waals surface area contributed by atoms with Gasteiger partial charge in [0.25, 0.3) is 0 Å². The van der Waals surface area contributed by atoms with E-state index in [1.54, 1.807) is 32.9 Å². The van der Waals surface area contributed by atoms with Gasteiger partial charge < -0.3 is 10.1 Å². The summed E-state index contributed by atoms with van der Waals surface area (Å²) in [5.74, 6) is -0.476. The maximum Gasteiger partial charge on any atom is 0.309 e. The molecular formula is C20H31N3O5S. The SMILES string of the molecule is CCOC(=O)C1CCN(CC(=O)Nc2cccc(S(=O)(=O)N(CC)CC)c2)CC1. The number of nitrogens with zero attached hydrogens (tertiary/aromatic N) is 2. The zero-order valence-electron chi connectivity index (χ0n) is 17.4. The summed E-state index contributed by atoms with van der Waals surface area (Å²) < 4.78 is 31.7. The Morgan fingerprint density at radius 2 is 1.83 bits per heavy atom. The van der Waals surface area contributed by atoms with Crippen LogP contribution in [0.25, 0.3) is 0 Å². The fourth-order valence-corrected chi connectivity index (χ4v) is 4.94. The molecule has 0 bridgehead atoms. The van der Waals surface area contributed by atoms with Gasteiger partial charge in [-0.1, -0.05) is 19.9 Å². The van der Waals surface area contributed by atoms with Crippen LogP contribution in [0.4, 0.5) is 5.69 Å². The van der Waals surface area contributed by atoms with Gasteiger partial charge in [-0.2, -0.15) is 4.31 Å². The van der Waals surface area contributed by atoms with E-state index in [1.165, 1.54) is 16.4 Å². The molecule has 0 aliphatic carbocycles. The highest BCUT2D eigenvalue weighted by atomic mass is 32.2. The summed E-state index contributed by atoms with van der Waals surface area (Å²) >= 11 is 0. The third kappa shape index (κ3) is 6.25. The Kier molecular flexibility index (Phi) is 8.60. The quantitative estimate of drug-likeness (QED) is 0.608. The number of hydrogen-bond donors (Lipinski definition) is 1. The minimum atomic E-state index is -3.58. The van der Waals surface area contributed by atoms with Gasteiger partial charge in [0.05, 0.1) is 24.0 Å². The van der Waals surface area contributed by atoms with Gasteiger partial charge in [-0.25, -0.2) is 8.42 Å². The van der Waals surface area contributed by atoms with Crippen molar-refractivity contribution >= 4 is 27.6 Å². The van der Waals surface area contributed by atoms with Crippen molar-refractivity contribution in [2.24, 2.45) is 5.92 Å². The molecular weight excluding hydrogens is 394 g/mol. The Balaban J connectivity index is 1.93. The summed E-state index contributed by atoms with van der Waals surface area (Å²) in [7, 11) is -3.58. The summed E-state index contributed by atoms with van der Waals surface area (Å²) in [5, 5.41) is 2.78. The van der Waals surface area contributed by atoms with Crippen LogP contribution in [-0.2, 0) is 24.3 Å². The first-order chi connectivity index (χ1) is 13.8.